The summed E-state index contributed by atoms with van der Waals surface area (Å²) < 4.78 is 41.8. The third-order valence-corrected chi connectivity index (χ3v) is 9.65. The number of esters is 1. The minimum atomic E-state index is -3.65. The molecule has 0 saturated carbocycles. The lowest BCUT2D eigenvalue weighted by Crippen LogP contribution is -2.37. The molecule has 1 aliphatic heterocycles. The van der Waals surface area contributed by atoms with Crippen LogP contribution in [-0.2, 0) is 38.3 Å². The molecule has 5 aromatic rings. The van der Waals surface area contributed by atoms with Crippen LogP contribution in [0.3, 0.4) is 0 Å². The molecule has 0 radical (unpaired) electrons. The second kappa shape index (κ2) is 13.4. The van der Waals surface area contributed by atoms with Gasteiger partial charge in [-0.3, -0.25) is 9.62 Å². The molecule has 0 aliphatic carbocycles. The van der Waals surface area contributed by atoms with Crippen molar-refractivity contribution in [3.05, 3.63) is 93.9 Å². The number of morpholine rings is 1. The highest BCUT2D eigenvalue weighted by Crippen LogP contribution is 2.29. The molecule has 1 fully saturated rings. The molecular weight excluding hydrogens is 599 g/mol. The van der Waals surface area contributed by atoms with Crippen molar-refractivity contribution in [2.45, 2.75) is 25.3 Å². The Balaban J connectivity index is 1.30. The number of fused-ring (bicyclic) bond motifs is 2. The van der Waals surface area contributed by atoms with Gasteiger partial charge >= 0.3 is 5.97 Å². The Morgan fingerprint density at radius 3 is 2.70 bits per heavy atom. The van der Waals surface area contributed by atoms with Crippen LogP contribution in [0.2, 0.25) is 0 Å². The van der Waals surface area contributed by atoms with E-state index in [4.69, 9.17) is 20.2 Å². The monoisotopic (exact) mass is 633 g/mol. The zero-order valence-electron chi connectivity index (χ0n) is 24.3. The minimum Gasteiger partial charge on any atom is -0.461 e. The summed E-state index contributed by atoms with van der Waals surface area (Å²) in [6.45, 7) is 4.87. The molecule has 0 atom stereocenters. The lowest BCUT2D eigenvalue weighted by Gasteiger charge is -2.26. The van der Waals surface area contributed by atoms with Gasteiger partial charge in [0.1, 0.15) is 11.3 Å². The normalized spacial score (nSPS) is 14.3. The molecule has 44 heavy (non-hydrogen) atoms. The smallest absolute Gasteiger partial charge is 0.355 e. The van der Waals surface area contributed by atoms with Crippen LogP contribution in [0.5, 0.6) is 0 Å². The first-order chi connectivity index (χ1) is 21.4. The highest BCUT2D eigenvalue weighted by atomic mass is 32.2. The second-order valence-electron chi connectivity index (χ2n) is 10.8. The molecule has 3 N–H and O–H groups in total. The maximum Gasteiger partial charge on any atom is 0.355 e. The predicted molar refractivity (Wildman–Crippen MR) is 173 cm³/mol. The Bertz CT molecular complexity index is 1870. The first kappa shape index (κ1) is 30.2. The highest BCUT2D eigenvalue weighted by Gasteiger charge is 2.21. The van der Waals surface area contributed by atoms with Gasteiger partial charge in [-0.1, -0.05) is 24.3 Å². The van der Waals surface area contributed by atoms with Gasteiger partial charge in [0, 0.05) is 37.3 Å². The van der Waals surface area contributed by atoms with E-state index in [1.807, 2.05) is 63.9 Å². The molecule has 0 unspecified atom stereocenters. The Morgan fingerprint density at radius 2 is 1.91 bits per heavy atom. The Morgan fingerprint density at radius 1 is 1.07 bits per heavy atom. The summed E-state index contributed by atoms with van der Waals surface area (Å²) in [4.78, 5) is 20.5. The number of anilines is 1. The predicted octanol–water partition coefficient (Wildman–Crippen LogP) is 4.58. The number of benzene rings is 2. The van der Waals surface area contributed by atoms with E-state index in [0.717, 1.165) is 66.6 Å². The fourth-order valence-corrected chi connectivity index (χ4v) is 7.46. The van der Waals surface area contributed by atoms with Gasteiger partial charge in [-0.05, 0) is 75.5 Å². The van der Waals surface area contributed by atoms with Crippen LogP contribution in [0.25, 0.3) is 21.8 Å². The zero-order valence-corrected chi connectivity index (χ0v) is 25.9. The summed E-state index contributed by atoms with van der Waals surface area (Å²) >= 11 is 1.46. The fraction of sp³-hybridized carbons (Fsp3) is 0.312. The quantitative estimate of drug-likeness (QED) is 0.151. The van der Waals surface area contributed by atoms with Gasteiger partial charge < -0.3 is 19.8 Å². The van der Waals surface area contributed by atoms with E-state index < -0.39 is 16.0 Å². The Labute approximate surface area is 260 Å². The lowest BCUT2D eigenvalue weighted by atomic mass is 10.0. The number of thiophene rings is 1. The molecule has 2 aromatic carbocycles. The van der Waals surface area contributed by atoms with Crippen molar-refractivity contribution in [2.75, 3.05) is 44.2 Å². The van der Waals surface area contributed by atoms with E-state index in [1.54, 1.807) is 12.1 Å². The minimum absolute atomic E-state index is 0.117. The number of carbonyl (C=O) groups excluding carboxylic acids is 1. The van der Waals surface area contributed by atoms with E-state index >= 15 is 0 Å². The second-order valence-corrected chi connectivity index (χ2v) is 13.3. The van der Waals surface area contributed by atoms with Crippen LogP contribution < -0.4 is 10.5 Å². The van der Waals surface area contributed by atoms with Crippen molar-refractivity contribution in [1.82, 2.24) is 14.5 Å². The average Bonchev–Trinajstić information content (AvgIpc) is 3.66. The number of sulfonamides is 1. The molecule has 4 heterocycles. The fourth-order valence-electron chi connectivity index (χ4n) is 5.52. The molecule has 0 amide bonds. The topological polar surface area (TPSA) is 129 Å². The van der Waals surface area contributed by atoms with E-state index in [9.17, 15) is 13.2 Å². The number of nitrogens with zero attached hydrogens (tertiary/aromatic N) is 3. The SMILES string of the molecule is NCc1ccc2cc(C(=O)OCCCN3CCOCC3)n(Cc3cc(NS(=O)(=O)Cc4ccsc4)cc4ccccc34)c2n1. The van der Waals surface area contributed by atoms with E-state index in [-0.39, 0.29) is 18.8 Å². The highest BCUT2D eigenvalue weighted by molar-refractivity contribution is 7.91. The number of rotatable bonds is 12. The third-order valence-electron chi connectivity index (χ3n) is 7.66. The molecule has 12 heteroatoms. The molecule has 3 aromatic heterocycles. The van der Waals surface area contributed by atoms with Gasteiger partial charge in [0.15, 0.2) is 0 Å². The number of nitrogens with one attached hydrogen (secondary N) is 1. The van der Waals surface area contributed by atoms with Crippen LogP contribution in [0.15, 0.2) is 71.4 Å². The summed E-state index contributed by atoms with van der Waals surface area (Å²) in [6.07, 6.45) is 0.722. The van der Waals surface area contributed by atoms with Crippen LogP contribution in [-0.4, -0.2) is 68.3 Å². The maximum atomic E-state index is 13.5. The number of hydrogen-bond donors (Lipinski definition) is 2. The van der Waals surface area contributed by atoms with Gasteiger partial charge in [-0.25, -0.2) is 18.2 Å². The van der Waals surface area contributed by atoms with Crippen molar-refractivity contribution < 1.29 is 22.7 Å². The van der Waals surface area contributed by atoms with Crippen LogP contribution in [0, 0.1) is 0 Å². The number of carbonyl (C=O) groups is 1. The first-order valence-corrected chi connectivity index (χ1v) is 17.2. The van der Waals surface area contributed by atoms with Crippen LogP contribution in [0.4, 0.5) is 5.69 Å². The largest absolute Gasteiger partial charge is 0.461 e. The van der Waals surface area contributed by atoms with E-state index in [2.05, 4.69) is 9.62 Å². The van der Waals surface area contributed by atoms with Crippen LogP contribution in [0.1, 0.15) is 33.7 Å². The molecule has 1 saturated heterocycles. The van der Waals surface area contributed by atoms with Crippen molar-refractivity contribution >= 4 is 54.8 Å². The van der Waals surface area contributed by atoms with Gasteiger partial charge in [-0.2, -0.15) is 11.3 Å². The average molecular weight is 634 g/mol. The van der Waals surface area contributed by atoms with Gasteiger partial charge in [-0.15, -0.1) is 0 Å². The summed E-state index contributed by atoms with van der Waals surface area (Å²) in [5, 5.41) is 6.29. The van der Waals surface area contributed by atoms with Crippen molar-refractivity contribution in [2.24, 2.45) is 5.73 Å². The number of aromatic nitrogens is 2. The van der Waals surface area contributed by atoms with Crippen molar-refractivity contribution in [1.29, 1.82) is 0 Å². The standard InChI is InChI=1S/C32H35N5O5S2/c33-19-27-7-6-25-18-30(32(38)42-12-3-9-36-10-13-41-14-11-36)37(31(25)34-27)20-26-17-28(16-24-4-1-2-5-29(24)26)35-44(39,40)22-23-8-15-43-21-23/h1-2,4-8,15-18,21,35H,3,9-14,19-20,22,33H2. The number of ether oxygens (including phenoxy) is 2. The number of hydrogen-bond acceptors (Lipinski definition) is 9. The summed E-state index contributed by atoms with van der Waals surface area (Å²) in [5.74, 6) is -0.551. The molecule has 0 bridgehead atoms. The summed E-state index contributed by atoms with van der Waals surface area (Å²) in [7, 11) is -3.65. The molecular formula is C32H35N5O5S2. The summed E-state index contributed by atoms with van der Waals surface area (Å²) in [6, 6.07) is 18.8. The van der Waals surface area contributed by atoms with Gasteiger partial charge in [0.05, 0.1) is 37.8 Å². The maximum absolute atomic E-state index is 13.5. The van der Waals surface area contributed by atoms with Crippen molar-refractivity contribution in [3.63, 3.8) is 0 Å². The van der Waals surface area contributed by atoms with E-state index in [1.165, 1.54) is 11.3 Å². The molecule has 0 spiro atoms. The van der Waals surface area contributed by atoms with E-state index in [0.29, 0.717) is 29.3 Å². The van der Waals surface area contributed by atoms with Crippen molar-refractivity contribution in [3.8, 4) is 0 Å². The summed E-state index contributed by atoms with van der Waals surface area (Å²) in [5.41, 5.74) is 9.61. The molecule has 10 nitrogen and oxygen atoms in total. The lowest BCUT2D eigenvalue weighted by molar-refractivity contribution is 0.0295. The first-order valence-electron chi connectivity index (χ1n) is 14.6. The molecule has 230 valence electrons. The Kier molecular flexibility index (Phi) is 9.24. The Hall–Kier alpha value is -3.81. The number of pyridine rings is 1. The third kappa shape index (κ3) is 7.11. The molecule has 1 aliphatic rings. The van der Waals surface area contributed by atoms with Gasteiger partial charge in [0.25, 0.3) is 0 Å². The number of nitrogens with two attached hydrogens (primary N) is 1. The molecule has 6 rings (SSSR count). The van der Waals surface area contributed by atoms with Gasteiger partial charge in [0.2, 0.25) is 10.0 Å². The van der Waals surface area contributed by atoms with Crippen LogP contribution >= 0.6 is 11.3 Å². The zero-order chi connectivity index (χ0) is 30.5.